The van der Waals surface area contributed by atoms with Gasteiger partial charge in [0.1, 0.15) is 0 Å². The largest absolute Gasteiger partial charge is 0.295 e. The van der Waals surface area contributed by atoms with Gasteiger partial charge in [0, 0.05) is 6.54 Å². The Labute approximate surface area is 142 Å². The molecule has 0 amide bonds. The van der Waals surface area contributed by atoms with Crippen LogP contribution >= 0.6 is 0 Å². The maximum Gasteiger partial charge on any atom is 0.170 e. The molecule has 24 heavy (non-hydrogen) atoms. The molecule has 0 radical (unpaired) electrons. The number of benzene rings is 2. The van der Waals surface area contributed by atoms with Gasteiger partial charge in [-0.2, -0.15) is 4.68 Å². The van der Waals surface area contributed by atoms with Gasteiger partial charge < -0.3 is 0 Å². The molecule has 124 valence electrons. The lowest BCUT2D eigenvalue weighted by Gasteiger charge is -2.16. The second-order valence-electron chi connectivity index (χ2n) is 6.41. The van der Waals surface area contributed by atoms with E-state index < -0.39 is 0 Å². The molecule has 5 heteroatoms. The third-order valence-electron chi connectivity index (χ3n) is 4.05. The minimum atomic E-state index is 0.562. The van der Waals surface area contributed by atoms with E-state index in [-0.39, 0.29) is 0 Å². The summed E-state index contributed by atoms with van der Waals surface area (Å²) in [7, 11) is 2.08. The molecule has 2 aromatic carbocycles. The summed E-state index contributed by atoms with van der Waals surface area (Å²) >= 11 is 0. The van der Waals surface area contributed by atoms with Gasteiger partial charge in [-0.15, -0.1) is 5.10 Å². The standard InChI is InChI=1S/C19H23N5/c1-15(2)17-11-9-16(10-12-17)13-23(3)14-19-20-21-22-24(19)18-7-5-4-6-8-18/h4-12,15H,13-14H2,1-3H3. The Morgan fingerprint density at radius 3 is 2.33 bits per heavy atom. The van der Waals surface area contributed by atoms with Crippen LogP contribution in [0.15, 0.2) is 54.6 Å². The van der Waals surface area contributed by atoms with Crippen LogP contribution in [-0.2, 0) is 13.1 Å². The Bertz CT molecular complexity index is 762. The smallest absolute Gasteiger partial charge is 0.170 e. The first kappa shape index (κ1) is 16.3. The fourth-order valence-electron chi connectivity index (χ4n) is 2.69. The Hall–Kier alpha value is -2.53. The molecule has 0 bridgehead atoms. The molecule has 0 unspecified atom stereocenters. The van der Waals surface area contributed by atoms with Gasteiger partial charge in [0.2, 0.25) is 0 Å². The van der Waals surface area contributed by atoms with Gasteiger partial charge in [0.15, 0.2) is 5.82 Å². The van der Waals surface area contributed by atoms with Gasteiger partial charge in [0.25, 0.3) is 0 Å². The van der Waals surface area contributed by atoms with Crippen LogP contribution in [0.1, 0.15) is 36.7 Å². The zero-order chi connectivity index (χ0) is 16.9. The number of tetrazole rings is 1. The first-order valence-corrected chi connectivity index (χ1v) is 8.23. The van der Waals surface area contributed by atoms with Crippen molar-refractivity contribution in [1.82, 2.24) is 25.1 Å². The molecule has 3 rings (SSSR count). The lowest BCUT2D eigenvalue weighted by molar-refractivity contribution is 0.307. The summed E-state index contributed by atoms with van der Waals surface area (Å²) in [4.78, 5) is 2.22. The molecule has 0 atom stereocenters. The number of rotatable bonds is 6. The Morgan fingerprint density at radius 1 is 0.958 bits per heavy atom. The van der Waals surface area contributed by atoms with Gasteiger partial charge in [-0.25, -0.2) is 0 Å². The summed E-state index contributed by atoms with van der Waals surface area (Å²) in [6.45, 7) is 5.98. The van der Waals surface area contributed by atoms with Crippen molar-refractivity contribution in [3.8, 4) is 5.69 Å². The fraction of sp³-hybridized carbons (Fsp3) is 0.316. The summed E-state index contributed by atoms with van der Waals surface area (Å²) < 4.78 is 1.79. The van der Waals surface area contributed by atoms with Crippen molar-refractivity contribution in [2.75, 3.05) is 7.05 Å². The van der Waals surface area contributed by atoms with E-state index >= 15 is 0 Å². The van der Waals surface area contributed by atoms with E-state index in [4.69, 9.17) is 0 Å². The highest BCUT2D eigenvalue weighted by Crippen LogP contribution is 2.16. The second kappa shape index (κ2) is 7.36. The van der Waals surface area contributed by atoms with Crippen LogP contribution in [0.5, 0.6) is 0 Å². The quantitative estimate of drug-likeness (QED) is 0.698. The van der Waals surface area contributed by atoms with E-state index in [0.717, 1.165) is 18.1 Å². The monoisotopic (exact) mass is 321 g/mol. The number of aromatic nitrogens is 4. The molecule has 3 aromatic rings. The van der Waals surface area contributed by atoms with Gasteiger partial charge in [-0.1, -0.05) is 56.3 Å². The summed E-state index contributed by atoms with van der Waals surface area (Å²) in [5.41, 5.74) is 3.64. The van der Waals surface area contributed by atoms with Crippen molar-refractivity contribution in [1.29, 1.82) is 0 Å². The van der Waals surface area contributed by atoms with Crippen LogP contribution in [0.3, 0.4) is 0 Å². The van der Waals surface area contributed by atoms with Crippen LogP contribution in [-0.4, -0.2) is 32.2 Å². The highest BCUT2D eigenvalue weighted by Gasteiger charge is 2.11. The van der Waals surface area contributed by atoms with E-state index in [1.807, 2.05) is 30.3 Å². The van der Waals surface area contributed by atoms with Gasteiger partial charge >= 0.3 is 0 Å². The molecular formula is C19H23N5. The van der Waals surface area contributed by atoms with Crippen molar-refractivity contribution in [2.24, 2.45) is 0 Å². The van der Waals surface area contributed by atoms with E-state index in [1.165, 1.54) is 11.1 Å². The average molecular weight is 321 g/mol. The molecule has 0 saturated carbocycles. The summed E-state index contributed by atoms with van der Waals surface area (Å²) in [5, 5.41) is 12.1. The number of hydrogen-bond donors (Lipinski definition) is 0. The number of nitrogens with zero attached hydrogens (tertiary/aromatic N) is 5. The van der Waals surface area contributed by atoms with Crippen LogP contribution < -0.4 is 0 Å². The topological polar surface area (TPSA) is 46.8 Å². The number of para-hydroxylation sites is 1. The Kier molecular flexibility index (Phi) is 5.01. The third-order valence-corrected chi connectivity index (χ3v) is 4.05. The molecule has 5 nitrogen and oxygen atoms in total. The second-order valence-corrected chi connectivity index (χ2v) is 6.41. The van der Waals surface area contributed by atoms with Crippen LogP contribution in [0.2, 0.25) is 0 Å². The predicted octanol–water partition coefficient (Wildman–Crippen LogP) is 3.42. The lowest BCUT2D eigenvalue weighted by atomic mass is 10.0. The van der Waals surface area contributed by atoms with E-state index in [2.05, 4.69) is 65.6 Å². The van der Waals surface area contributed by atoms with Crippen molar-refractivity contribution in [3.63, 3.8) is 0 Å². The first-order valence-electron chi connectivity index (χ1n) is 8.23. The van der Waals surface area contributed by atoms with Crippen LogP contribution in [0, 0.1) is 0 Å². The molecule has 0 fully saturated rings. The predicted molar refractivity (Wildman–Crippen MR) is 94.9 cm³/mol. The van der Waals surface area contributed by atoms with E-state index in [1.54, 1.807) is 4.68 Å². The van der Waals surface area contributed by atoms with Gasteiger partial charge in [0.05, 0.1) is 12.2 Å². The van der Waals surface area contributed by atoms with Crippen molar-refractivity contribution >= 4 is 0 Å². The van der Waals surface area contributed by atoms with Crippen molar-refractivity contribution in [3.05, 3.63) is 71.5 Å². The molecule has 1 heterocycles. The SMILES string of the molecule is CC(C)c1ccc(CN(C)Cc2nnnn2-c2ccccc2)cc1. The van der Waals surface area contributed by atoms with Crippen LogP contribution in [0.4, 0.5) is 0 Å². The van der Waals surface area contributed by atoms with E-state index in [9.17, 15) is 0 Å². The highest BCUT2D eigenvalue weighted by molar-refractivity contribution is 5.30. The average Bonchev–Trinajstić information content (AvgIpc) is 3.04. The molecule has 0 N–H and O–H groups in total. The minimum Gasteiger partial charge on any atom is -0.295 e. The molecular weight excluding hydrogens is 298 g/mol. The summed E-state index contributed by atoms with van der Waals surface area (Å²) in [6.07, 6.45) is 0. The molecule has 0 spiro atoms. The van der Waals surface area contributed by atoms with Crippen molar-refractivity contribution < 1.29 is 0 Å². The summed E-state index contributed by atoms with van der Waals surface area (Å²) in [6, 6.07) is 18.8. The fourth-order valence-corrected chi connectivity index (χ4v) is 2.69. The normalized spacial score (nSPS) is 11.4. The highest BCUT2D eigenvalue weighted by atomic mass is 15.5. The Balaban J connectivity index is 1.67. The lowest BCUT2D eigenvalue weighted by Crippen LogP contribution is -2.20. The third kappa shape index (κ3) is 3.86. The molecule has 1 aromatic heterocycles. The van der Waals surface area contributed by atoms with Crippen molar-refractivity contribution in [2.45, 2.75) is 32.9 Å². The Morgan fingerprint density at radius 2 is 1.67 bits per heavy atom. The maximum absolute atomic E-state index is 4.17. The van der Waals surface area contributed by atoms with E-state index in [0.29, 0.717) is 12.5 Å². The molecule has 0 aliphatic rings. The number of hydrogen-bond acceptors (Lipinski definition) is 4. The molecule has 0 aliphatic heterocycles. The van der Waals surface area contributed by atoms with Crippen LogP contribution in [0.25, 0.3) is 5.69 Å². The minimum absolute atomic E-state index is 0.562. The zero-order valence-electron chi connectivity index (χ0n) is 14.4. The maximum atomic E-state index is 4.17. The molecule has 0 saturated heterocycles. The van der Waals surface area contributed by atoms with Gasteiger partial charge in [-0.3, -0.25) is 4.90 Å². The zero-order valence-corrected chi connectivity index (χ0v) is 14.4. The molecule has 0 aliphatic carbocycles. The summed E-state index contributed by atoms with van der Waals surface area (Å²) in [5.74, 6) is 1.40. The first-order chi connectivity index (χ1) is 11.6. The van der Waals surface area contributed by atoms with Gasteiger partial charge in [-0.05, 0) is 46.7 Å².